The summed E-state index contributed by atoms with van der Waals surface area (Å²) in [5, 5.41) is 11.1. The Kier molecular flexibility index (Phi) is 4.04. The van der Waals surface area contributed by atoms with E-state index >= 15 is 0 Å². The van der Waals surface area contributed by atoms with E-state index in [0.717, 1.165) is 6.54 Å². The van der Waals surface area contributed by atoms with Crippen molar-refractivity contribution < 1.29 is 13.6 Å². The van der Waals surface area contributed by atoms with E-state index in [0.29, 0.717) is 41.8 Å². The Balaban J connectivity index is 1.73. The van der Waals surface area contributed by atoms with Gasteiger partial charge in [0.15, 0.2) is 10.4 Å². The fourth-order valence-electron chi connectivity index (χ4n) is 2.24. The van der Waals surface area contributed by atoms with Crippen molar-refractivity contribution in [2.24, 2.45) is 5.73 Å². The Morgan fingerprint density at radius 2 is 2.33 bits per heavy atom. The molecule has 112 valence electrons. The second-order valence-corrected chi connectivity index (χ2v) is 5.48. The number of carbonyl (C=O) groups excluding carboxylic acids is 1. The molecule has 1 saturated heterocycles. The molecule has 1 aliphatic rings. The SMILES string of the molecule is NC(=O)C1CNCCN1Cc1nnc(-c2ccc(Br)o2)o1. The zero-order valence-electron chi connectivity index (χ0n) is 11.1. The van der Waals surface area contributed by atoms with Gasteiger partial charge in [0.1, 0.15) is 6.04 Å². The third kappa shape index (κ3) is 3.14. The van der Waals surface area contributed by atoms with Gasteiger partial charge in [-0.1, -0.05) is 0 Å². The summed E-state index contributed by atoms with van der Waals surface area (Å²) in [6, 6.07) is 3.11. The fraction of sp³-hybridized carbons (Fsp3) is 0.417. The van der Waals surface area contributed by atoms with Crippen LogP contribution in [0.2, 0.25) is 0 Å². The number of aromatic nitrogens is 2. The average Bonchev–Trinajstić information content (AvgIpc) is 3.08. The van der Waals surface area contributed by atoms with Crippen LogP contribution >= 0.6 is 15.9 Å². The first kappa shape index (κ1) is 14.2. The second-order valence-electron chi connectivity index (χ2n) is 4.70. The van der Waals surface area contributed by atoms with Crippen LogP contribution in [-0.2, 0) is 11.3 Å². The minimum Gasteiger partial charge on any atom is -0.444 e. The second kappa shape index (κ2) is 5.96. The maximum atomic E-state index is 11.4. The Labute approximate surface area is 128 Å². The molecule has 9 heteroatoms. The Hall–Kier alpha value is -1.71. The molecule has 0 bridgehead atoms. The molecule has 1 aliphatic heterocycles. The number of amides is 1. The van der Waals surface area contributed by atoms with Gasteiger partial charge in [0.2, 0.25) is 11.8 Å². The third-order valence-corrected chi connectivity index (χ3v) is 3.70. The molecule has 0 aliphatic carbocycles. The molecule has 21 heavy (non-hydrogen) atoms. The van der Waals surface area contributed by atoms with Crippen LogP contribution in [-0.4, -0.2) is 46.7 Å². The van der Waals surface area contributed by atoms with Crippen LogP contribution in [0, 0.1) is 0 Å². The maximum Gasteiger partial charge on any atom is 0.283 e. The summed E-state index contributed by atoms with van der Waals surface area (Å²) in [7, 11) is 0. The predicted molar refractivity (Wildman–Crippen MR) is 76.0 cm³/mol. The number of nitrogens with one attached hydrogen (secondary N) is 1. The number of rotatable bonds is 4. The molecule has 2 aromatic rings. The minimum absolute atomic E-state index is 0.307. The molecule has 0 saturated carbocycles. The molecule has 1 fully saturated rings. The summed E-state index contributed by atoms with van der Waals surface area (Å²) in [5.74, 6) is 0.858. The van der Waals surface area contributed by atoms with Gasteiger partial charge in [-0.2, -0.15) is 0 Å². The number of piperazine rings is 1. The van der Waals surface area contributed by atoms with Crippen molar-refractivity contribution >= 4 is 21.8 Å². The van der Waals surface area contributed by atoms with Gasteiger partial charge in [-0.3, -0.25) is 9.69 Å². The van der Waals surface area contributed by atoms with Crippen molar-refractivity contribution in [1.82, 2.24) is 20.4 Å². The van der Waals surface area contributed by atoms with Crippen molar-refractivity contribution in [3.8, 4) is 11.7 Å². The summed E-state index contributed by atoms with van der Waals surface area (Å²) in [5.41, 5.74) is 5.40. The number of hydrogen-bond donors (Lipinski definition) is 2. The van der Waals surface area contributed by atoms with Gasteiger partial charge in [-0.15, -0.1) is 10.2 Å². The van der Waals surface area contributed by atoms with Crippen LogP contribution in [0.25, 0.3) is 11.7 Å². The van der Waals surface area contributed by atoms with E-state index < -0.39 is 0 Å². The number of furan rings is 1. The van der Waals surface area contributed by atoms with Gasteiger partial charge in [0.05, 0.1) is 6.54 Å². The van der Waals surface area contributed by atoms with Crippen molar-refractivity contribution in [3.05, 3.63) is 22.7 Å². The lowest BCUT2D eigenvalue weighted by Gasteiger charge is -2.32. The van der Waals surface area contributed by atoms with Gasteiger partial charge < -0.3 is 19.9 Å². The van der Waals surface area contributed by atoms with E-state index in [4.69, 9.17) is 14.6 Å². The molecule has 3 rings (SSSR count). The van der Waals surface area contributed by atoms with Crippen LogP contribution in [0.3, 0.4) is 0 Å². The van der Waals surface area contributed by atoms with Gasteiger partial charge in [0.25, 0.3) is 5.89 Å². The molecule has 0 radical (unpaired) electrons. The lowest BCUT2D eigenvalue weighted by Crippen LogP contribution is -2.56. The van der Waals surface area contributed by atoms with E-state index in [1.165, 1.54) is 0 Å². The molecule has 0 aromatic carbocycles. The van der Waals surface area contributed by atoms with Gasteiger partial charge >= 0.3 is 0 Å². The normalized spacial score (nSPS) is 19.8. The topological polar surface area (TPSA) is 110 Å². The van der Waals surface area contributed by atoms with Gasteiger partial charge in [-0.05, 0) is 28.1 Å². The summed E-state index contributed by atoms with van der Waals surface area (Å²) in [4.78, 5) is 13.4. The highest BCUT2D eigenvalue weighted by atomic mass is 79.9. The first-order chi connectivity index (χ1) is 10.1. The highest BCUT2D eigenvalue weighted by molar-refractivity contribution is 9.10. The molecule has 1 atom stereocenters. The highest BCUT2D eigenvalue weighted by Gasteiger charge is 2.28. The number of nitrogens with zero attached hydrogens (tertiary/aromatic N) is 3. The number of primary amides is 1. The number of nitrogens with two attached hydrogens (primary N) is 1. The predicted octanol–water partition coefficient (Wildman–Crippen LogP) is 0.351. The lowest BCUT2D eigenvalue weighted by molar-refractivity contribution is -0.124. The largest absolute Gasteiger partial charge is 0.444 e. The first-order valence-electron chi connectivity index (χ1n) is 6.45. The highest BCUT2D eigenvalue weighted by Crippen LogP contribution is 2.24. The van der Waals surface area contributed by atoms with E-state index in [9.17, 15) is 4.79 Å². The van der Waals surface area contributed by atoms with Crippen LogP contribution in [0.5, 0.6) is 0 Å². The number of carbonyl (C=O) groups is 1. The smallest absolute Gasteiger partial charge is 0.283 e. The molecule has 8 nitrogen and oxygen atoms in total. The quantitative estimate of drug-likeness (QED) is 0.813. The minimum atomic E-state index is -0.369. The van der Waals surface area contributed by atoms with Gasteiger partial charge in [-0.25, -0.2) is 0 Å². The zero-order valence-corrected chi connectivity index (χ0v) is 12.7. The van der Waals surface area contributed by atoms with Crippen molar-refractivity contribution in [1.29, 1.82) is 0 Å². The first-order valence-corrected chi connectivity index (χ1v) is 7.25. The van der Waals surface area contributed by atoms with Crippen LogP contribution in [0.15, 0.2) is 25.6 Å². The Morgan fingerprint density at radius 1 is 1.48 bits per heavy atom. The summed E-state index contributed by atoms with van der Waals surface area (Å²) in [6.07, 6.45) is 0. The summed E-state index contributed by atoms with van der Waals surface area (Å²) < 4.78 is 11.5. The molecule has 3 heterocycles. The van der Waals surface area contributed by atoms with Crippen LogP contribution < -0.4 is 11.1 Å². The molecular formula is C12H14BrN5O3. The Morgan fingerprint density at radius 3 is 3.05 bits per heavy atom. The summed E-state index contributed by atoms with van der Waals surface area (Å²) in [6.45, 7) is 2.39. The Bertz CT molecular complexity index is 640. The van der Waals surface area contributed by atoms with E-state index in [1.807, 2.05) is 4.90 Å². The van der Waals surface area contributed by atoms with Crippen molar-refractivity contribution in [2.45, 2.75) is 12.6 Å². The molecular weight excluding hydrogens is 342 g/mol. The zero-order chi connectivity index (χ0) is 14.8. The van der Waals surface area contributed by atoms with Crippen LogP contribution in [0.1, 0.15) is 5.89 Å². The molecule has 3 N–H and O–H groups in total. The average molecular weight is 356 g/mol. The number of hydrogen-bond acceptors (Lipinski definition) is 7. The molecule has 1 unspecified atom stereocenters. The summed E-state index contributed by atoms with van der Waals surface area (Å²) >= 11 is 3.22. The molecule has 2 aromatic heterocycles. The maximum absolute atomic E-state index is 11.4. The fourth-order valence-corrected chi connectivity index (χ4v) is 2.54. The third-order valence-electron chi connectivity index (χ3n) is 3.27. The van der Waals surface area contributed by atoms with E-state index in [1.54, 1.807) is 12.1 Å². The van der Waals surface area contributed by atoms with Crippen molar-refractivity contribution in [2.75, 3.05) is 19.6 Å². The van der Waals surface area contributed by atoms with Gasteiger partial charge in [0, 0.05) is 19.6 Å². The molecule has 0 spiro atoms. The lowest BCUT2D eigenvalue weighted by atomic mass is 10.2. The van der Waals surface area contributed by atoms with E-state index in [2.05, 4.69) is 31.4 Å². The van der Waals surface area contributed by atoms with E-state index in [-0.39, 0.29) is 11.9 Å². The van der Waals surface area contributed by atoms with Crippen molar-refractivity contribution in [3.63, 3.8) is 0 Å². The van der Waals surface area contributed by atoms with Crippen LogP contribution in [0.4, 0.5) is 0 Å². The molecule has 1 amide bonds. The standard InChI is InChI=1S/C12H14BrN5O3/c13-9-2-1-8(20-9)12-17-16-10(21-12)6-18-4-3-15-5-7(18)11(14)19/h1-2,7,15H,3-6H2,(H2,14,19). The monoisotopic (exact) mass is 355 g/mol. The number of halogens is 1.